The van der Waals surface area contributed by atoms with E-state index in [-0.39, 0.29) is 51.9 Å². The van der Waals surface area contributed by atoms with Gasteiger partial charge in [-0.25, -0.2) is 4.39 Å². The summed E-state index contributed by atoms with van der Waals surface area (Å²) in [6.07, 6.45) is -1.31. The van der Waals surface area contributed by atoms with E-state index in [0.717, 1.165) is 38.4 Å². The second-order valence-electron chi connectivity index (χ2n) is 11.0. The number of likely N-dealkylation sites (N-methyl/N-ethyl adjacent to an activating group) is 1. The maximum absolute atomic E-state index is 15.1. The zero-order valence-electron chi connectivity index (χ0n) is 24.9. The van der Waals surface area contributed by atoms with Crippen molar-refractivity contribution in [3.63, 3.8) is 0 Å². The molecular formula is C28H34FN9O7. The number of carbonyl (C=O) groups is 3. The van der Waals surface area contributed by atoms with Gasteiger partial charge in [0, 0.05) is 50.3 Å². The SMILES string of the molecule is COc1c(Nc2cc(NC(=O)C3CC3)nnc2C(=O)NC(O)(O)O)cc(F)cc1-c1cc(C(=O)N2CCCN(C)CC2)n(C)n1. The van der Waals surface area contributed by atoms with Crippen molar-refractivity contribution in [2.45, 2.75) is 25.4 Å². The number of carbonyl (C=O) groups excluding carboxylic acids is 3. The zero-order chi connectivity index (χ0) is 32.5. The molecule has 1 aliphatic carbocycles. The number of aliphatic hydroxyl groups is 3. The molecule has 3 amide bonds. The summed E-state index contributed by atoms with van der Waals surface area (Å²) in [5, 5.41) is 46.8. The van der Waals surface area contributed by atoms with Crippen LogP contribution in [0.25, 0.3) is 11.3 Å². The highest BCUT2D eigenvalue weighted by Gasteiger charge is 2.31. The zero-order valence-corrected chi connectivity index (χ0v) is 24.9. The highest BCUT2D eigenvalue weighted by molar-refractivity contribution is 6.00. The Balaban J connectivity index is 1.50. The van der Waals surface area contributed by atoms with Gasteiger partial charge in [-0.05, 0) is 45.0 Å². The number of rotatable bonds is 9. The largest absolute Gasteiger partial charge is 0.494 e. The lowest BCUT2D eigenvalue weighted by Gasteiger charge is -2.20. The van der Waals surface area contributed by atoms with E-state index >= 15 is 4.39 Å². The van der Waals surface area contributed by atoms with Crippen LogP contribution in [0.4, 0.5) is 21.6 Å². The second-order valence-corrected chi connectivity index (χ2v) is 11.0. The molecule has 1 saturated heterocycles. The number of anilines is 3. The molecule has 0 bridgehead atoms. The summed E-state index contributed by atoms with van der Waals surface area (Å²) in [5.41, 5.74) is 0.00977. The fraction of sp³-hybridized carbons (Fsp3) is 0.429. The van der Waals surface area contributed by atoms with Gasteiger partial charge in [0.15, 0.2) is 17.3 Å². The molecule has 1 aliphatic heterocycles. The van der Waals surface area contributed by atoms with Crippen LogP contribution in [0.15, 0.2) is 24.3 Å². The van der Waals surface area contributed by atoms with Crippen LogP contribution in [0.2, 0.25) is 0 Å². The van der Waals surface area contributed by atoms with E-state index in [1.165, 1.54) is 29.2 Å². The first-order valence-electron chi connectivity index (χ1n) is 14.2. The molecular weight excluding hydrogens is 593 g/mol. The number of ether oxygens (including phenoxy) is 1. The summed E-state index contributed by atoms with van der Waals surface area (Å²) >= 11 is 0. The van der Waals surface area contributed by atoms with Gasteiger partial charge in [0.25, 0.3) is 11.8 Å². The van der Waals surface area contributed by atoms with Crippen LogP contribution in [-0.2, 0) is 11.8 Å². The lowest BCUT2D eigenvalue weighted by atomic mass is 10.1. The third-order valence-corrected chi connectivity index (χ3v) is 7.40. The van der Waals surface area contributed by atoms with E-state index in [9.17, 15) is 29.7 Å². The smallest absolute Gasteiger partial charge is 0.369 e. The summed E-state index contributed by atoms with van der Waals surface area (Å²) < 4.78 is 22.2. The minimum Gasteiger partial charge on any atom is -0.494 e. The fourth-order valence-corrected chi connectivity index (χ4v) is 4.95. The highest BCUT2D eigenvalue weighted by atomic mass is 19.1. The number of benzene rings is 1. The van der Waals surface area contributed by atoms with Gasteiger partial charge in [-0.3, -0.25) is 24.4 Å². The monoisotopic (exact) mass is 627 g/mol. The van der Waals surface area contributed by atoms with Crippen molar-refractivity contribution in [2.75, 3.05) is 51.0 Å². The number of aromatic nitrogens is 4. The molecule has 0 unspecified atom stereocenters. The molecule has 0 atom stereocenters. The average Bonchev–Trinajstić information content (AvgIpc) is 3.77. The van der Waals surface area contributed by atoms with Crippen LogP contribution in [0.3, 0.4) is 0 Å². The molecule has 1 aromatic carbocycles. The van der Waals surface area contributed by atoms with Gasteiger partial charge >= 0.3 is 6.10 Å². The van der Waals surface area contributed by atoms with Crippen LogP contribution in [0.5, 0.6) is 5.75 Å². The topological polar surface area (TPSA) is 207 Å². The van der Waals surface area contributed by atoms with E-state index in [4.69, 9.17) is 4.74 Å². The molecule has 6 N–H and O–H groups in total. The maximum Gasteiger partial charge on any atom is 0.369 e. The van der Waals surface area contributed by atoms with Crippen molar-refractivity contribution in [3.8, 4) is 17.0 Å². The van der Waals surface area contributed by atoms with Crippen molar-refractivity contribution in [2.24, 2.45) is 13.0 Å². The molecule has 3 heterocycles. The molecule has 0 spiro atoms. The van der Waals surface area contributed by atoms with Gasteiger partial charge < -0.3 is 40.5 Å². The molecule has 2 fully saturated rings. The van der Waals surface area contributed by atoms with Crippen LogP contribution in [0, 0.1) is 11.7 Å². The summed E-state index contributed by atoms with van der Waals surface area (Å²) in [6.45, 7) is 2.75. The number of nitrogens with zero attached hydrogens (tertiary/aromatic N) is 6. The summed E-state index contributed by atoms with van der Waals surface area (Å²) in [6, 6.07) is 5.03. The van der Waals surface area contributed by atoms with Gasteiger partial charge in [0.2, 0.25) is 5.91 Å². The molecule has 1 saturated carbocycles. The highest BCUT2D eigenvalue weighted by Crippen LogP contribution is 2.39. The number of nitrogens with one attached hydrogen (secondary N) is 3. The lowest BCUT2D eigenvalue weighted by molar-refractivity contribution is -0.323. The third-order valence-electron chi connectivity index (χ3n) is 7.40. The third kappa shape index (κ3) is 7.51. The molecule has 45 heavy (non-hydrogen) atoms. The van der Waals surface area contributed by atoms with E-state index in [1.807, 2.05) is 7.05 Å². The number of methoxy groups -OCH3 is 1. The quantitative estimate of drug-likeness (QED) is 0.176. The molecule has 3 aromatic rings. The van der Waals surface area contributed by atoms with Gasteiger partial charge in [-0.15, -0.1) is 10.2 Å². The molecule has 16 nitrogen and oxygen atoms in total. The first kappa shape index (κ1) is 31.7. The normalized spacial score (nSPS) is 15.8. The first-order chi connectivity index (χ1) is 21.3. The van der Waals surface area contributed by atoms with Gasteiger partial charge in [0.05, 0.1) is 24.2 Å². The Kier molecular flexibility index (Phi) is 8.96. The Labute approximate surface area is 256 Å². The van der Waals surface area contributed by atoms with E-state index < -0.39 is 23.5 Å². The summed E-state index contributed by atoms with van der Waals surface area (Å²) in [4.78, 5) is 42.4. The minimum atomic E-state index is -3.57. The molecule has 5 rings (SSSR count). The molecule has 2 aromatic heterocycles. The Bertz CT molecular complexity index is 1620. The Morgan fingerprint density at radius 1 is 1.00 bits per heavy atom. The predicted octanol–water partition coefficient (Wildman–Crippen LogP) is 0.213. The maximum atomic E-state index is 15.1. The van der Waals surface area contributed by atoms with Crippen molar-refractivity contribution in [3.05, 3.63) is 41.5 Å². The molecule has 17 heteroatoms. The standard InChI is InChI=1S/C28H34FN9O7/c1-36-7-4-8-38(10-9-36)27(41)21-13-18(35-37(21)2)17-11-16(29)12-20(24(17)45-3)30-19-14-22(31-25(39)15-5-6-15)33-34-23(19)26(40)32-28(42,43)44/h11-15,42-44H,4-10H2,1-3H3,(H,32,40)(H2,30,31,33,39). The average molecular weight is 628 g/mol. The number of hydrogen-bond acceptors (Lipinski definition) is 12. The van der Waals surface area contributed by atoms with Crippen LogP contribution >= 0.6 is 0 Å². The van der Waals surface area contributed by atoms with Crippen molar-refractivity contribution < 1.29 is 38.8 Å². The van der Waals surface area contributed by atoms with Gasteiger partial charge in [-0.1, -0.05) is 0 Å². The fourth-order valence-electron chi connectivity index (χ4n) is 4.95. The van der Waals surface area contributed by atoms with Crippen molar-refractivity contribution in [1.82, 2.24) is 35.1 Å². The minimum absolute atomic E-state index is 0.00800. The van der Waals surface area contributed by atoms with Crippen molar-refractivity contribution in [1.29, 1.82) is 0 Å². The molecule has 2 aliphatic rings. The predicted molar refractivity (Wildman–Crippen MR) is 157 cm³/mol. The first-order valence-corrected chi connectivity index (χ1v) is 14.2. The summed E-state index contributed by atoms with van der Waals surface area (Å²) in [5.74, 6) is -2.64. The van der Waals surface area contributed by atoms with Crippen molar-refractivity contribution >= 4 is 34.9 Å². The Hall–Kier alpha value is -4.71. The van der Waals surface area contributed by atoms with Crippen LogP contribution in [-0.4, -0.2) is 109 Å². The number of hydrogen-bond donors (Lipinski definition) is 6. The van der Waals surface area contributed by atoms with Gasteiger partial charge in [0.1, 0.15) is 11.5 Å². The van der Waals surface area contributed by atoms with Crippen LogP contribution < -0.4 is 20.7 Å². The van der Waals surface area contributed by atoms with Gasteiger partial charge in [-0.2, -0.15) is 5.10 Å². The number of amides is 3. The Morgan fingerprint density at radius 2 is 1.76 bits per heavy atom. The van der Waals surface area contributed by atoms with E-state index in [1.54, 1.807) is 18.0 Å². The second kappa shape index (κ2) is 12.7. The molecule has 0 radical (unpaired) electrons. The summed E-state index contributed by atoms with van der Waals surface area (Å²) in [7, 11) is 4.95. The molecule has 240 valence electrons. The van der Waals surface area contributed by atoms with E-state index in [0.29, 0.717) is 18.8 Å². The number of halogens is 1. The van der Waals surface area contributed by atoms with Crippen LogP contribution in [0.1, 0.15) is 40.2 Å². The Morgan fingerprint density at radius 3 is 2.44 bits per heavy atom. The lowest BCUT2D eigenvalue weighted by Crippen LogP contribution is -2.48. The van der Waals surface area contributed by atoms with E-state index in [2.05, 4.69) is 30.8 Å². The number of aryl methyl sites for hydroxylation is 1.